The maximum absolute atomic E-state index is 12.9. The molecule has 1 atom stereocenters. The molecule has 0 spiro atoms. The Hall–Kier alpha value is -3.23. The Morgan fingerprint density at radius 1 is 1.14 bits per heavy atom. The van der Waals surface area contributed by atoms with E-state index in [1.165, 1.54) is 6.07 Å². The summed E-state index contributed by atoms with van der Waals surface area (Å²) in [5.41, 5.74) is 0.737. The number of hydrogen-bond acceptors (Lipinski definition) is 5. The molecule has 0 amide bonds. The Morgan fingerprint density at radius 3 is 2.59 bits per heavy atom. The normalized spacial score (nSPS) is 13.0. The molecule has 0 bridgehead atoms. The molecule has 7 nitrogen and oxygen atoms in total. The lowest BCUT2D eigenvalue weighted by molar-refractivity contribution is 0.0976. The number of hydrogen-bond donors (Lipinski definition) is 2. The summed E-state index contributed by atoms with van der Waals surface area (Å²) in [7, 11) is -4.63. The molecule has 0 aliphatic heterocycles. The van der Waals surface area contributed by atoms with Gasteiger partial charge in [0.15, 0.2) is 5.78 Å². The van der Waals surface area contributed by atoms with Crippen molar-refractivity contribution in [2.75, 3.05) is 0 Å². The number of H-pyrrole nitrogens is 1. The number of rotatable bonds is 5. The average molecular weight is 411 g/mol. The van der Waals surface area contributed by atoms with Crippen LogP contribution in [0.2, 0.25) is 0 Å². The minimum atomic E-state index is -4.63. The largest absolute Gasteiger partial charge is 0.422 e. The maximum atomic E-state index is 12.9. The van der Waals surface area contributed by atoms with Gasteiger partial charge >= 0.3 is 5.63 Å². The second-order valence-electron chi connectivity index (χ2n) is 6.83. The van der Waals surface area contributed by atoms with Gasteiger partial charge in [-0.05, 0) is 25.1 Å². The third kappa shape index (κ3) is 3.48. The van der Waals surface area contributed by atoms with E-state index in [1.54, 1.807) is 55.5 Å². The van der Waals surface area contributed by atoms with Gasteiger partial charge in [0.2, 0.25) is 0 Å². The quantitative estimate of drug-likeness (QED) is 0.293. The van der Waals surface area contributed by atoms with Crippen LogP contribution < -0.4 is 5.63 Å². The lowest BCUT2D eigenvalue weighted by Gasteiger charge is -2.14. The highest BCUT2D eigenvalue weighted by molar-refractivity contribution is 7.86. The summed E-state index contributed by atoms with van der Waals surface area (Å²) >= 11 is 0. The number of aromatic nitrogens is 1. The van der Waals surface area contributed by atoms with Gasteiger partial charge in [-0.1, -0.05) is 36.4 Å². The van der Waals surface area contributed by atoms with Crippen LogP contribution in [0.25, 0.3) is 21.9 Å². The van der Waals surface area contributed by atoms with E-state index >= 15 is 0 Å². The zero-order valence-corrected chi connectivity index (χ0v) is 16.2. The van der Waals surface area contributed by atoms with Gasteiger partial charge in [-0.15, -0.1) is 0 Å². The number of benzene rings is 2. The number of para-hydroxylation sites is 2. The van der Waals surface area contributed by atoms with Crippen molar-refractivity contribution in [3.63, 3.8) is 0 Å². The molecule has 2 heterocycles. The summed E-state index contributed by atoms with van der Waals surface area (Å²) in [6, 6.07) is 15.1. The number of carbonyl (C=O) groups is 1. The first-order valence-electron chi connectivity index (χ1n) is 8.85. The predicted octanol–water partition coefficient (Wildman–Crippen LogP) is 3.78. The van der Waals surface area contributed by atoms with Crippen molar-refractivity contribution in [2.24, 2.45) is 0 Å². The van der Waals surface area contributed by atoms with Crippen LogP contribution in [0, 0.1) is 6.92 Å². The Labute approximate surface area is 165 Å². The molecule has 0 aliphatic carbocycles. The number of aromatic amines is 1. The number of carbonyl (C=O) groups excluding carboxylic acids is 1. The van der Waals surface area contributed by atoms with Crippen molar-refractivity contribution < 1.29 is 22.2 Å². The van der Waals surface area contributed by atoms with E-state index in [4.69, 9.17) is 4.42 Å². The first-order chi connectivity index (χ1) is 13.8. The third-order valence-electron chi connectivity index (χ3n) is 4.94. The predicted molar refractivity (Wildman–Crippen MR) is 109 cm³/mol. The van der Waals surface area contributed by atoms with E-state index in [0.29, 0.717) is 33.1 Å². The average Bonchev–Trinajstić information content (AvgIpc) is 3.00. The Kier molecular flexibility index (Phi) is 4.60. The number of fused-ring (bicyclic) bond motifs is 2. The van der Waals surface area contributed by atoms with E-state index in [0.717, 1.165) is 0 Å². The van der Waals surface area contributed by atoms with Crippen LogP contribution in [-0.2, 0) is 10.1 Å². The van der Waals surface area contributed by atoms with Gasteiger partial charge in [-0.3, -0.25) is 9.35 Å². The molecule has 0 aliphatic rings. The second-order valence-corrected chi connectivity index (χ2v) is 8.42. The molecule has 2 N–H and O–H groups in total. The van der Waals surface area contributed by atoms with E-state index < -0.39 is 33.2 Å². The molecule has 0 saturated heterocycles. The van der Waals surface area contributed by atoms with Crippen LogP contribution in [0.15, 0.2) is 63.8 Å². The third-order valence-corrected chi connectivity index (χ3v) is 6.06. The van der Waals surface area contributed by atoms with Crippen LogP contribution in [0.4, 0.5) is 0 Å². The first-order valence-corrected chi connectivity index (χ1v) is 10.4. The summed E-state index contributed by atoms with van der Waals surface area (Å²) in [4.78, 5) is 28.2. The maximum Gasteiger partial charge on any atom is 0.347 e. The molecule has 0 saturated carbocycles. The summed E-state index contributed by atoms with van der Waals surface area (Å²) in [6.07, 6.45) is -0.593. The van der Waals surface area contributed by atoms with E-state index in [-0.39, 0.29) is 5.56 Å². The minimum absolute atomic E-state index is 0.255. The Bertz CT molecular complexity index is 1410. The molecule has 29 heavy (non-hydrogen) atoms. The molecule has 1 unspecified atom stereocenters. The van der Waals surface area contributed by atoms with Gasteiger partial charge in [-0.2, -0.15) is 8.42 Å². The Morgan fingerprint density at radius 2 is 1.83 bits per heavy atom. The van der Waals surface area contributed by atoms with Crippen LogP contribution in [-0.4, -0.2) is 23.7 Å². The molecule has 148 valence electrons. The van der Waals surface area contributed by atoms with Gasteiger partial charge < -0.3 is 9.40 Å². The highest BCUT2D eigenvalue weighted by Gasteiger charge is 2.33. The van der Waals surface area contributed by atoms with Crippen LogP contribution in [0.1, 0.15) is 33.3 Å². The minimum Gasteiger partial charge on any atom is -0.422 e. The van der Waals surface area contributed by atoms with Gasteiger partial charge in [0.05, 0.1) is 0 Å². The monoisotopic (exact) mass is 411 g/mol. The highest BCUT2D eigenvalue weighted by Crippen LogP contribution is 2.35. The number of nitrogens with one attached hydrogen (secondary N) is 1. The summed E-state index contributed by atoms with van der Waals surface area (Å²) < 4.78 is 39.4. The molecule has 0 radical (unpaired) electrons. The van der Waals surface area contributed by atoms with E-state index in [2.05, 4.69) is 4.98 Å². The van der Waals surface area contributed by atoms with Gasteiger partial charge in [0.25, 0.3) is 10.1 Å². The highest BCUT2D eigenvalue weighted by atomic mass is 32.2. The molecule has 8 heteroatoms. The van der Waals surface area contributed by atoms with Gasteiger partial charge in [-0.25, -0.2) is 4.79 Å². The molecular formula is C21H17NO6S. The summed E-state index contributed by atoms with van der Waals surface area (Å²) in [5.74, 6) is -0.725. The molecule has 4 rings (SSSR count). The molecule has 2 aromatic heterocycles. The standard InChI is InChI=1S/C21H17NO6S/c1-12-20(14-7-3-4-8-16(14)22-12)19(29(25,26)27)11-17(23)15-10-13-6-2-5-9-18(13)28-21(15)24/h2-10,19,22H,11H2,1H3,(H,25,26,27). The van der Waals surface area contributed by atoms with Crippen molar-refractivity contribution in [3.8, 4) is 0 Å². The van der Waals surface area contributed by atoms with Crippen molar-refractivity contribution in [2.45, 2.75) is 18.6 Å². The zero-order valence-electron chi connectivity index (χ0n) is 15.4. The van der Waals surface area contributed by atoms with Gasteiger partial charge in [0.1, 0.15) is 16.4 Å². The Balaban J connectivity index is 1.81. The van der Waals surface area contributed by atoms with Crippen molar-refractivity contribution >= 4 is 37.8 Å². The summed E-state index contributed by atoms with van der Waals surface area (Å²) in [6.45, 7) is 1.67. The van der Waals surface area contributed by atoms with E-state index in [9.17, 15) is 22.6 Å². The van der Waals surface area contributed by atoms with Gasteiger partial charge in [0, 0.05) is 34.0 Å². The van der Waals surface area contributed by atoms with E-state index in [1.807, 2.05) is 0 Å². The lowest BCUT2D eigenvalue weighted by atomic mass is 10.0. The lowest BCUT2D eigenvalue weighted by Crippen LogP contribution is -2.21. The van der Waals surface area contributed by atoms with Crippen molar-refractivity contribution in [1.82, 2.24) is 4.98 Å². The number of Topliss-reactive ketones (excluding diaryl/α,β-unsaturated/α-hetero) is 1. The van der Waals surface area contributed by atoms with Crippen LogP contribution in [0.3, 0.4) is 0 Å². The molecule has 4 aromatic rings. The fourth-order valence-corrected chi connectivity index (χ4v) is 4.57. The SMILES string of the molecule is Cc1[nH]c2ccccc2c1C(CC(=O)c1cc2ccccc2oc1=O)S(=O)(=O)O. The fourth-order valence-electron chi connectivity index (χ4n) is 3.60. The second kappa shape index (κ2) is 6.98. The molecular weight excluding hydrogens is 394 g/mol. The fraction of sp³-hybridized carbons (Fsp3) is 0.143. The van der Waals surface area contributed by atoms with Crippen LogP contribution >= 0.6 is 0 Å². The summed E-state index contributed by atoms with van der Waals surface area (Å²) in [5, 5.41) is -0.384. The van der Waals surface area contributed by atoms with Crippen molar-refractivity contribution in [3.05, 3.63) is 81.8 Å². The first kappa shape index (κ1) is 19.1. The number of aryl methyl sites for hydroxylation is 1. The van der Waals surface area contributed by atoms with Crippen molar-refractivity contribution in [1.29, 1.82) is 0 Å². The van der Waals surface area contributed by atoms with Crippen LogP contribution in [0.5, 0.6) is 0 Å². The number of ketones is 1. The zero-order chi connectivity index (χ0) is 20.8. The topological polar surface area (TPSA) is 117 Å². The molecule has 0 fully saturated rings. The smallest absolute Gasteiger partial charge is 0.347 e. The molecule has 2 aromatic carbocycles.